The molecule has 1 fully saturated rings. The van der Waals surface area contributed by atoms with Gasteiger partial charge >= 0.3 is 1.43 Å². The average Bonchev–Trinajstić information content (AvgIpc) is 3.13. The van der Waals surface area contributed by atoms with Gasteiger partial charge in [0.25, 0.3) is 0 Å². The van der Waals surface area contributed by atoms with Gasteiger partial charge in [0, 0.05) is 17.6 Å². The zero-order valence-corrected chi connectivity index (χ0v) is 17.0. The number of rotatable bonds is 7. The Morgan fingerprint density at radius 1 is 1.08 bits per heavy atom. The third kappa shape index (κ3) is 5.68. The Balaban J connectivity index is 0.00000182. The van der Waals surface area contributed by atoms with Gasteiger partial charge in [0.15, 0.2) is 11.5 Å². The number of nitrogens with one attached hydrogen (secondary N) is 1. The number of hydrogen-bond acceptors (Lipinski definition) is 3. The number of methoxy groups -OCH3 is 1. The van der Waals surface area contributed by atoms with E-state index in [1.165, 1.54) is 25.7 Å². The smallest absolute Gasteiger partial charge is 1.00 e. The molecule has 142 valence electrons. The minimum atomic E-state index is 0. The van der Waals surface area contributed by atoms with Crippen LogP contribution >= 0.6 is 23.2 Å². The lowest BCUT2D eigenvalue weighted by molar-refractivity contribution is -0.00000553. The van der Waals surface area contributed by atoms with E-state index >= 15 is 0 Å². The van der Waals surface area contributed by atoms with E-state index < -0.39 is 0 Å². The maximum Gasteiger partial charge on any atom is 1.00 e. The summed E-state index contributed by atoms with van der Waals surface area (Å²) in [5, 5.41) is 4.86. The summed E-state index contributed by atoms with van der Waals surface area (Å²) in [6.07, 6.45) is 5.15. The lowest BCUT2D eigenvalue weighted by Gasteiger charge is -2.16. The molecule has 0 heterocycles. The molecule has 0 amide bonds. The third-order valence-electron chi connectivity index (χ3n) is 4.54. The van der Waals surface area contributed by atoms with Crippen LogP contribution in [-0.4, -0.2) is 13.2 Å². The molecule has 0 unspecified atom stereocenters. The maximum absolute atomic E-state index is 6.45. The molecule has 26 heavy (non-hydrogen) atoms. The summed E-state index contributed by atoms with van der Waals surface area (Å²) in [5.74, 6) is 1.23. The van der Waals surface area contributed by atoms with Crippen molar-refractivity contribution in [3.63, 3.8) is 0 Å². The van der Waals surface area contributed by atoms with Crippen LogP contribution in [-0.2, 0) is 13.2 Å². The van der Waals surface area contributed by atoms with Crippen LogP contribution in [0.3, 0.4) is 0 Å². The van der Waals surface area contributed by atoms with Crippen LogP contribution < -0.4 is 27.2 Å². The van der Waals surface area contributed by atoms with Crippen molar-refractivity contribution >= 4 is 23.2 Å². The van der Waals surface area contributed by atoms with Gasteiger partial charge in [-0.2, -0.15) is 0 Å². The van der Waals surface area contributed by atoms with Crippen molar-refractivity contribution in [3.8, 4) is 11.5 Å². The average molecular weight is 417 g/mol. The van der Waals surface area contributed by atoms with Gasteiger partial charge in [-0.3, -0.25) is 0 Å². The fourth-order valence-corrected chi connectivity index (χ4v) is 3.56. The molecule has 0 aromatic heterocycles. The molecule has 6 heteroatoms. The Kier molecular flexibility index (Phi) is 8.36. The molecule has 0 spiro atoms. The second kappa shape index (κ2) is 10.3. The molecule has 0 bridgehead atoms. The van der Waals surface area contributed by atoms with Gasteiger partial charge in [0.2, 0.25) is 0 Å². The summed E-state index contributed by atoms with van der Waals surface area (Å²) < 4.78 is 11.4. The van der Waals surface area contributed by atoms with Crippen molar-refractivity contribution in [3.05, 3.63) is 57.6 Å². The summed E-state index contributed by atoms with van der Waals surface area (Å²) in [7, 11) is 1.63. The van der Waals surface area contributed by atoms with Gasteiger partial charge in [-0.15, -0.1) is 0 Å². The molecule has 0 radical (unpaired) electrons. The van der Waals surface area contributed by atoms with E-state index in [2.05, 4.69) is 5.32 Å². The number of ether oxygens (including phenoxy) is 2. The summed E-state index contributed by atoms with van der Waals surface area (Å²) >= 11 is 12.4. The molecular formula is C20H24Cl3NO2. The molecule has 1 saturated carbocycles. The quantitative estimate of drug-likeness (QED) is 0.753. The largest absolute Gasteiger partial charge is 1.00 e. The summed E-state index contributed by atoms with van der Waals surface area (Å²) in [4.78, 5) is 0. The first-order chi connectivity index (χ1) is 12.2. The third-order valence-corrected chi connectivity index (χ3v) is 5.07. The number of hydrogen-bond donors (Lipinski definition) is 1. The first-order valence-electron chi connectivity index (χ1n) is 8.63. The van der Waals surface area contributed by atoms with E-state index in [4.69, 9.17) is 32.7 Å². The molecule has 1 aliphatic rings. The van der Waals surface area contributed by atoms with E-state index in [9.17, 15) is 0 Å². The van der Waals surface area contributed by atoms with Crippen LogP contribution in [0.1, 0.15) is 38.2 Å². The predicted octanol–water partition coefficient (Wildman–Crippen LogP) is 2.73. The maximum atomic E-state index is 6.45. The van der Waals surface area contributed by atoms with Gasteiger partial charge < -0.3 is 27.2 Å². The van der Waals surface area contributed by atoms with E-state index in [1.807, 2.05) is 36.4 Å². The van der Waals surface area contributed by atoms with Crippen molar-refractivity contribution < 1.29 is 23.3 Å². The van der Waals surface area contributed by atoms with Crippen LogP contribution in [0, 0.1) is 0 Å². The molecule has 0 atom stereocenters. The van der Waals surface area contributed by atoms with Crippen molar-refractivity contribution in [1.29, 1.82) is 0 Å². The highest BCUT2D eigenvalue weighted by Gasteiger charge is 2.16. The monoisotopic (exact) mass is 415 g/mol. The van der Waals surface area contributed by atoms with Crippen molar-refractivity contribution in [2.75, 3.05) is 7.11 Å². The molecule has 1 aliphatic carbocycles. The zero-order chi connectivity index (χ0) is 17.6. The number of halogens is 3. The summed E-state index contributed by atoms with van der Waals surface area (Å²) in [6, 6.07) is 12.1. The molecule has 0 aliphatic heterocycles. The molecular weight excluding hydrogens is 393 g/mol. The Bertz CT molecular complexity index is 707. The second-order valence-corrected chi connectivity index (χ2v) is 7.23. The lowest BCUT2D eigenvalue weighted by atomic mass is 10.1. The minimum Gasteiger partial charge on any atom is -1.00 e. The van der Waals surface area contributed by atoms with E-state index in [1.54, 1.807) is 7.11 Å². The van der Waals surface area contributed by atoms with Crippen LogP contribution in [0.2, 0.25) is 10.0 Å². The van der Waals surface area contributed by atoms with Crippen molar-refractivity contribution in [1.82, 2.24) is 5.32 Å². The van der Waals surface area contributed by atoms with Gasteiger partial charge in [-0.1, -0.05) is 48.2 Å². The van der Waals surface area contributed by atoms with Crippen molar-refractivity contribution in [2.24, 2.45) is 0 Å². The standard InChI is InChI=1S/C20H23Cl2NO2.ClH/c1-24-19-11-15(12-23-17-4-2-3-5-17)10-18(22)20(19)25-13-14-6-8-16(21)9-7-14;/h6-11,17,23H,2-5,12-13H2,1H3;1H. The fourth-order valence-electron chi connectivity index (χ4n) is 3.14. The first-order valence-corrected chi connectivity index (χ1v) is 9.38. The van der Waals surface area contributed by atoms with Gasteiger partial charge in [-0.25, -0.2) is 0 Å². The van der Waals surface area contributed by atoms with Crippen LogP contribution in [0.4, 0.5) is 0 Å². The van der Waals surface area contributed by atoms with Crippen molar-refractivity contribution in [2.45, 2.75) is 44.9 Å². The SMILES string of the molecule is COc1cc(CNC2CCCC2)cc(Cl)c1OCc1ccc(Cl)cc1.[Cl-].[H+]. The van der Waals surface area contributed by atoms with E-state index in [0.29, 0.717) is 34.2 Å². The Morgan fingerprint density at radius 2 is 1.77 bits per heavy atom. The highest BCUT2D eigenvalue weighted by atomic mass is 35.5. The van der Waals surface area contributed by atoms with E-state index in [0.717, 1.165) is 17.7 Å². The topological polar surface area (TPSA) is 30.5 Å². The predicted molar refractivity (Wildman–Crippen MR) is 104 cm³/mol. The molecule has 2 aromatic rings. The molecule has 3 nitrogen and oxygen atoms in total. The summed E-state index contributed by atoms with van der Waals surface area (Å²) in [5.41, 5.74) is 2.13. The molecule has 0 saturated heterocycles. The fraction of sp³-hybridized carbons (Fsp3) is 0.400. The Labute approximate surface area is 172 Å². The second-order valence-electron chi connectivity index (χ2n) is 6.39. The highest BCUT2D eigenvalue weighted by molar-refractivity contribution is 6.32. The molecule has 1 N–H and O–H groups in total. The molecule has 2 aromatic carbocycles. The van der Waals surface area contributed by atoms with Crippen LogP contribution in [0.5, 0.6) is 11.5 Å². The van der Waals surface area contributed by atoms with Gasteiger partial charge in [0.05, 0.1) is 12.1 Å². The van der Waals surface area contributed by atoms with Crippen LogP contribution in [0.25, 0.3) is 0 Å². The summed E-state index contributed by atoms with van der Waals surface area (Å²) in [6.45, 7) is 1.20. The Hall–Kier alpha value is -1.13. The van der Waals surface area contributed by atoms with Gasteiger partial charge in [-0.05, 0) is 48.2 Å². The van der Waals surface area contributed by atoms with Gasteiger partial charge in [0.1, 0.15) is 6.61 Å². The zero-order valence-electron chi connectivity index (χ0n) is 15.7. The molecule has 3 rings (SSSR count). The number of benzene rings is 2. The minimum absolute atomic E-state index is 0. The Morgan fingerprint density at radius 3 is 2.42 bits per heavy atom. The van der Waals surface area contributed by atoms with Crippen LogP contribution in [0.15, 0.2) is 36.4 Å². The van der Waals surface area contributed by atoms with E-state index in [-0.39, 0.29) is 13.8 Å². The first kappa shape index (κ1) is 21.2. The lowest BCUT2D eigenvalue weighted by Crippen LogP contribution is -3.00. The highest BCUT2D eigenvalue weighted by Crippen LogP contribution is 2.37. The normalized spacial score (nSPS) is 14.1.